The number of benzene rings is 3. The topological polar surface area (TPSA) is 78.6 Å². The summed E-state index contributed by atoms with van der Waals surface area (Å²) in [5.41, 5.74) is 7.13. The predicted octanol–water partition coefficient (Wildman–Crippen LogP) is 4.58. The molecule has 0 radical (unpaired) electrons. The van der Waals surface area contributed by atoms with E-state index in [2.05, 4.69) is 15.9 Å². The van der Waals surface area contributed by atoms with Gasteiger partial charge in [-0.2, -0.15) is 0 Å². The number of halogens is 1. The summed E-state index contributed by atoms with van der Waals surface area (Å²) in [6.45, 7) is 0. The maximum atomic E-state index is 12.1. The van der Waals surface area contributed by atoms with E-state index in [4.69, 9.17) is 15.2 Å². The normalized spacial score (nSPS) is 10.5. The molecule has 0 saturated carbocycles. The number of anilines is 1. The number of hydrogen-bond donors (Lipinski definition) is 1. The lowest BCUT2D eigenvalue weighted by atomic mass is 9.99. The number of esters is 1. The molecule has 3 aromatic carbocycles. The van der Waals surface area contributed by atoms with Crippen molar-refractivity contribution in [2.45, 2.75) is 0 Å². The second-order valence-corrected chi connectivity index (χ2v) is 6.19. The summed E-state index contributed by atoms with van der Waals surface area (Å²) in [4.78, 5) is 23.5. The van der Waals surface area contributed by atoms with E-state index in [0.29, 0.717) is 45.4 Å². The molecule has 5 nitrogen and oxygen atoms in total. The number of nitrogens with two attached hydrogens (primary N) is 1. The van der Waals surface area contributed by atoms with Crippen LogP contribution in [-0.4, -0.2) is 19.4 Å². The summed E-state index contributed by atoms with van der Waals surface area (Å²) in [6.07, 6.45) is 0.701. The summed E-state index contributed by atoms with van der Waals surface area (Å²) in [6, 6.07) is 13.7. The first-order valence-electron chi connectivity index (χ1n) is 7.37. The summed E-state index contributed by atoms with van der Waals surface area (Å²) in [7, 11) is 1.30. The van der Waals surface area contributed by atoms with Crippen LogP contribution in [0.5, 0.6) is 11.5 Å². The minimum absolute atomic E-state index is 0.302. The van der Waals surface area contributed by atoms with Gasteiger partial charge in [0.15, 0.2) is 6.29 Å². The highest BCUT2D eigenvalue weighted by atomic mass is 79.9. The molecule has 3 aromatic rings. The average molecular weight is 400 g/mol. The van der Waals surface area contributed by atoms with Crippen LogP contribution < -0.4 is 10.5 Å². The zero-order chi connectivity index (χ0) is 18.0. The van der Waals surface area contributed by atoms with Gasteiger partial charge in [0.2, 0.25) is 0 Å². The minimum Gasteiger partial charge on any atom is -0.465 e. The molecule has 0 aliphatic carbocycles. The monoisotopic (exact) mass is 399 g/mol. The molecule has 0 saturated heterocycles. The number of methoxy groups -OCH3 is 1. The third-order valence-electron chi connectivity index (χ3n) is 3.76. The Morgan fingerprint density at radius 3 is 2.56 bits per heavy atom. The third kappa shape index (κ3) is 3.21. The van der Waals surface area contributed by atoms with Crippen LogP contribution in [0, 0.1) is 0 Å². The third-order valence-corrected chi connectivity index (χ3v) is 4.25. The fraction of sp³-hybridized carbons (Fsp3) is 0.0526. The number of rotatable bonds is 4. The van der Waals surface area contributed by atoms with E-state index < -0.39 is 5.97 Å². The molecule has 0 heterocycles. The van der Waals surface area contributed by atoms with Gasteiger partial charge in [-0.05, 0) is 30.3 Å². The van der Waals surface area contributed by atoms with Crippen molar-refractivity contribution in [3.05, 3.63) is 64.1 Å². The van der Waals surface area contributed by atoms with Gasteiger partial charge in [0.25, 0.3) is 0 Å². The summed E-state index contributed by atoms with van der Waals surface area (Å²) >= 11 is 3.35. The summed E-state index contributed by atoms with van der Waals surface area (Å²) in [5, 5.41) is 1.10. The quantitative estimate of drug-likeness (QED) is 0.394. The Morgan fingerprint density at radius 2 is 1.88 bits per heavy atom. The SMILES string of the molecule is COC(=O)c1ccc(Oc2ccc(Br)cc2N)c2cccc(C=O)c12. The average Bonchev–Trinajstić information content (AvgIpc) is 2.63. The first kappa shape index (κ1) is 17.0. The standard InChI is InChI=1S/C19H14BrNO4/c1-24-19(23)14-6-8-16(13-4-2-3-11(10-22)18(13)14)25-17-7-5-12(20)9-15(17)21/h2-10H,21H2,1H3. The van der Waals surface area contributed by atoms with Crippen LogP contribution in [0.15, 0.2) is 53.0 Å². The van der Waals surface area contributed by atoms with Gasteiger partial charge >= 0.3 is 5.97 Å². The lowest BCUT2D eigenvalue weighted by Gasteiger charge is -2.14. The molecule has 0 fully saturated rings. The largest absolute Gasteiger partial charge is 0.465 e. The number of carbonyl (C=O) groups is 2. The Hall–Kier alpha value is -2.86. The highest BCUT2D eigenvalue weighted by Gasteiger charge is 2.17. The second kappa shape index (κ2) is 6.94. The van der Waals surface area contributed by atoms with Crippen LogP contribution in [0.2, 0.25) is 0 Å². The van der Waals surface area contributed by atoms with Gasteiger partial charge in [-0.25, -0.2) is 4.79 Å². The maximum absolute atomic E-state index is 12.1. The van der Waals surface area contributed by atoms with E-state index in [0.717, 1.165) is 4.47 Å². The second-order valence-electron chi connectivity index (χ2n) is 5.27. The number of aldehydes is 1. The maximum Gasteiger partial charge on any atom is 0.338 e. The lowest BCUT2D eigenvalue weighted by Crippen LogP contribution is -2.04. The zero-order valence-electron chi connectivity index (χ0n) is 13.3. The van der Waals surface area contributed by atoms with Gasteiger partial charge < -0.3 is 15.2 Å². The molecule has 0 amide bonds. The van der Waals surface area contributed by atoms with Gasteiger partial charge in [-0.3, -0.25) is 4.79 Å². The van der Waals surface area contributed by atoms with E-state index in [1.54, 1.807) is 42.5 Å². The molecule has 0 bridgehead atoms. The van der Waals surface area contributed by atoms with Gasteiger partial charge in [0.1, 0.15) is 11.5 Å². The van der Waals surface area contributed by atoms with Crippen molar-refractivity contribution in [1.82, 2.24) is 0 Å². The molecule has 0 aromatic heterocycles. The van der Waals surface area contributed by atoms with Gasteiger partial charge in [0.05, 0.1) is 18.4 Å². The van der Waals surface area contributed by atoms with Crippen LogP contribution in [0.25, 0.3) is 10.8 Å². The molecule has 0 spiro atoms. The molecular formula is C19H14BrNO4. The van der Waals surface area contributed by atoms with E-state index in [9.17, 15) is 9.59 Å². The van der Waals surface area contributed by atoms with Crippen molar-refractivity contribution >= 4 is 44.6 Å². The van der Waals surface area contributed by atoms with E-state index >= 15 is 0 Å². The van der Waals surface area contributed by atoms with Crippen molar-refractivity contribution in [1.29, 1.82) is 0 Å². The molecule has 3 rings (SSSR count). The Kier molecular flexibility index (Phi) is 4.72. The number of nitrogen functional groups attached to an aromatic ring is 1. The van der Waals surface area contributed by atoms with E-state index in [-0.39, 0.29) is 0 Å². The molecule has 6 heteroatoms. The number of ether oxygens (including phenoxy) is 2. The molecule has 0 atom stereocenters. The number of hydrogen-bond acceptors (Lipinski definition) is 5. The molecular weight excluding hydrogens is 386 g/mol. The van der Waals surface area contributed by atoms with Crippen LogP contribution in [0.1, 0.15) is 20.7 Å². The van der Waals surface area contributed by atoms with Crippen LogP contribution >= 0.6 is 15.9 Å². The zero-order valence-corrected chi connectivity index (χ0v) is 14.9. The fourth-order valence-electron chi connectivity index (χ4n) is 2.61. The molecule has 25 heavy (non-hydrogen) atoms. The molecule has 0 aliphatic rings. The molecule has 2 N–H and O–H groups in total. The van der Waals surface area contributed by atoms with Crippen molar-refractivity contribution in [3.63, 3.8) is 0 Å². The highest BCUT2D eigenvalue weighted by Crippen LogP contribution is 2.36. The van der Waals surface area contributed by atoms with Crippen LogP contribution in [-0.2, 0) is 4.74 Å². The Morgan fingerprint density at radius 1 is 1.12 bits per heavy atom. The Balaban J connectivity index is 2.20. The van der Waals surface area contributed by atoms with Gasteiger partial charge in [-0.15, -0.1) is 0 Å². The van der Waals surface area contributed by atoms with Crippen molar-refractivity contribution in [2.75, 3.05) is 12.8 Å². The van der Waals surface area contributed by atoms with Crippen molar-refractivity contribution < 1.29 is 19.1 Å². The van der Waals surface area contributed by atoms with Crippen molar-refractivity contribution in [3.8, 4) is 11.5 Å². The summed E-state index contributed by atoms with van der Waals surface area (Å²) < 4.78 is 11.6. The highest BCUT2D eigenvalue weighted by molar-refractivity contribution is 9.10. The number of fused-ring (bicyclic) bond motifs is 1. The van der Waals surface area contributed by atoms with Gasteiger partial charge in [-0.1, -0.05) is 34.1 Å². The Labute approximate surface area is 152 Å². The van der Waals surface area contributed by atoms with E-state index in [1.807, 2.05) is 6.07 Å². The lowest BCUT2D eigenvalue weighted by molar-refractivity contribution is 0.0603. The summed E-state index contributed by atoms with van der Waals surface area (Å²) in [5.74, 6) is 0.446. The smallest absolute Gasteiger partial charge is 0.338 e. The van der Waals surface area contributed by atoms with Crippen LogP contribution in [0.3, 0.4) is 0 Å². The Bertz CT molecular complexity index is 985. The predicted molar refractivity (Wildman–Crippen MR) is 99.3 cm³/mol. The van der Waals surface area contributed by atoms with E-state index in [1.165, 1.54) is 7.11 Å². The van der Waals surface area contributed by atoms with Gasteiger partial charge in [0, 0.05) is 20.8 Å². The first-order valence-corrected chi connectivity index (χ1v) is 8.16. The number of carbonyl (C=O) groups excluding carboxylic acids is 2. The molecule has 0 unspecified atom stereocenters. The van der Waals surface area contributed by atoms with Crippen LogP contribution in [0.4, 0.5) is 5.69 Å². The van der Waals surface area contributed by atoms with Crippen molar-refractivity contribution in [2.24, 2.45) is 0 Å². The fourth-order valence-corrected chi connectivity index (χ4v) is 2.99. The first-order chi connectivity index (χ1) is 12.0. The molecule has 0 aliphatic heterocycles. The minimum atomic E-state index is -0.519. The molecule has 126 valence electrons.